The zero-order chi connectivity index (χ0) is 39.1. The molecule has 59 heavy (non-hydrogen) atoms. The molecule has 276 valence electrons. The van der Waals surface area contributed by atoms with E-state index in [2.05, 4.69) is 241 Å². The Balaban J connectivity index is 1.19. The van der Waals surface area contributed by atoms with Crippen LogP contribution in [0.3, 0.4) is 0 Å². The van der Waals surface area contributed by atoms with Gasteiger partial charge in [0.1, 0.15) is 0 Å². The molecule has 11 rings (SSSR count). The van der Waals surface area contributed by atoms with E-state index in [4.69, 9.17) is 0 Å². The number of anilines is 3. The molecule has 0 atom stereocenters. The van der Waals surface area contributed by atoms with Gasteiger partial charge in [-0.25, -0.2) is 0 Å². The molecule has 0 bridgehead atoms. The van der Waals surface area contributed by atoms with Gasteiger partial charge >= 0.3 is 0 Å². The zero-order valence-electron chi connectivity index (χ0n) is 32.5. The van der Waals surface area contributed by atoms with Gasteiger partial charge in [0.15, 0.2) is 0 Å². The fraction of sp³-hybridized carbons (Fsp3) is 0. The lowest BCUT2D eigenvalue weighted by atomic mass is 9.87. The van der Waals surface area contributed by atoms with Crippen LogP contribution in [0, 0.1) is 0 Å². The first kappa shape index (κ1) is 34.5. The lowest BCUT2D eigenvalue weighted by molar-refractivity contribution is 1.30. The minimum Gasteiger partial charge on any atom is -0.310 e. The van der Waals surface area contributed by atoms with E-state index in [1.165, 1.54) is 87.6 Å². The average Bonchev–Trinajstić information content (AvgIpc) is 3.32. The predicted octanol–water partition coefficient (Wildman–Crippen LogP) is 16.4. The number of nitrogens with zero attached hydrogens (tertiary/aromatic N) is 1. The molecule has 0 aromatic heterocycles. The number of hydrogen-bond donors (Lipinski definition) is 0. The first-order valence-corrected chi connectivity index (χ1v) is 20.3. The zero-order valence-corrected chi connectivity index (χ0v) is 32.5. The summed E-state index contributed by atoms with van der Waals surface area (Å²) in [5.74, 6) is 0. The number of benzene rings is 11. The van der Waals surface area contributed by atoms with Crippen molar-refractivity contribution in [3.8, 4) is 44.5 Å². The highest BCUT2D eigenvalue weighted by molar-refractivity contribution is 6.16. The Labute approximate surface area is 344 Å². The molecule has 0 amide bonds. The summed E-state index contributed by atoms with van der Waals surface area (Å²) >= 11 is 0. The maximum atomic E-state index is 2.45. The SMILES string of the molecule is c1ccc(-c2ccc(N(c3ccc(-c4cc5ccccc5c5ccccc45)c(-c4cccc5ccccc45)c3)c3ccc(-c4ccccc4)c4ccccc34)cc2)cc1. The standard InChI is InChI=1S/C58H39N/c1-3-16-40(17-4-1)41-30-32-45(33-31-41)59(58-37-36-49(42-18-5-2-6-19-42)51-26-13-14-28-55(51)58)46-34-35-54(57(39-46)52-29-15-22-43-20-7-9-23-47(43)52)56-38-44-21-8-10-24-48(44)50-25-11-12-27-53(50)56/h1-39H. The van der Waals surface area contributed by atoms with Gasteiger partial charge in [0.25, 0.3) is 0 Å². The predicted molar refractivity (Wildman–Crippen MR) is 253 cm³/mol. The smallest absolute Gasteiger partial charge is 0.0540 e. The summed E-state index contributed by atoms with van der Waals surface area (Å²) in [4.78, 5) is 2.45. The van der Waals surface area contributed by atoms with Gasteiger partial charge in [-0.3, -0.25) is 0 Å². The largest absolute Gasteiger partial charge is 0.310 e. The van der Waals surface area contributed by atoms with E-state index < -0.39 is 0 Å². The molecule has 0 unspecified atom stereocenters. The first-order chi connectivity index (χ1) is 29.3. The second-order valence-electron chi connectivity index (χ2n) is 15.2. The van der Waals surface area contributed by atoms with Crippen molar-refractivity contribution in [1.29, 1.82) is 0 Å². The van der Waals surface area contributed by atoms with E-state index in [1.54, 1.807) is 0 Å². The van der Waals surface area contributed by atoms with Crippen LogP contribution in [0.1, 0.15) is 0 Å². The molecule has 0 fully saturated rings. The molecule has 0 spiro atoms. The topological polar surface area (TPSA) is 3.24 Å². The molecule has 0 heterocycles. The quantitative estimate of drug-likeness (QED) is 0.147. The minimum atomic E-state index is 1.09. The molecule has 11 aromatic rings. The fourth-order valence-electron chi connectivity index (χ4n) is 9.07. The van der Waals surface area contributed by atoms with E-state index in [9.17, 15) is 0 Å². The maximum Gasteiger partial charge on any atom is 0.0540 e. The summed E-state index contributed by atoms with van der Waals surface area (Å²) in [5.41, 5.74) is 13.0. The van der Waals surface area contributed by atoms with Gasteiger partial charge in [-0.05, 0) is 119 Å². The first-order valence-electron chi connectivity index (χ1n) is 20.3. The molecule has 1 nitrogen and oxygen atoms in total. The van der Waals surface area contributed by atoms with Crippen LogP contribution in [0.4, 0.5) is 17.1 Å². The Hall–Kier alpha value is -7.74. The molecule has 0 N–H and O–H groups in total. The van der Waals surface area contributed by atoms with Crippen LogP contribution >= 0.6 is 0 Å². The highest BCUT2D eigenvalue weighted by Crippen LogP contribution is 2.47. The minimum absolute atomic E-state index is 1.09. The van der Waals surface area contributed by atoms with Crippen molar-refractivity contribution in [2.75, 3.05) is 4.90 Å². The molecule has 0 aliphatic rings. The Kier molecular flexibility index (Phi) is 8.56. The molecule has 0 saturated carbocycles. The molecular weight excluding hydrogens is 711 g/mol. The van der Waals surface area contributed by atoms with Crippen molar-refractivity contribution in [3.05, 3.63) is 237 Å². The maximum absolute atomic E-state index is 2.45. The normalized spacial score (nSPS) is 11.4. The van der Waals surface area contributed by atoms with Crippen molar-refractivity contribution >= 4 is 60.2 Å². The molecule has 0 aliphatic heterocycles. The van der Waals surface area contributed by atoms with E-state index in [0.717, 1.165) is 17.1 Å². The van der Waals surface area contributed by atoms with Crippen molar-refractivity contribution < 1.29 is 0 Å². The summed E-state index contributed by atoms with van der Waals surface area (Å²) < 4.78 is 0. The second-order valence-corrected chi connectivity index (χ2v) is 15.2. The Bertz CT molecular complexity index is 3310. The highest BCUT2D eigenvalue weighted by atomic mass is 15.1. The Morgan fingerprint density at radius 3 is 1.49 bits per heavy atom. The molecule has 11 aromatic carbocycles. The summed E-state index contributed by atoms with van der Waals surface area (Å²) in [6.45, 7) is 0. The third-order valence-electron chi connectivity index (χ3n) is 11.9. The summed E-state index contributed by atoms with van der Waals surface area (Å²) in [5, 5.41) is 9.88. The van der Waals surface area contributed by atoms with E-state index in [1.807, 2.05) is 0 Å². The van der Waals surface area contributed by atoms with Gasteiger partial charge in [0.2, 0.25) is 0 Å². The molecule has 0 aliphatic carbocycles. The van der Waals surface area contributed by atoms with Crippen LogP contribution in [-0.4, -0.2) is 0 Å². The number of hydrogen-bond acceptors (Lipinski definition) is 1. The third kappa shape index (κ3) is 6.12. The van der Waals surface area contributed by atoms with Gasteiger partial charge in [-0.1, -0.05) is 200 Å². The van der Waals surface area contributed by atoms with Crippen LogP contribution < -0.4 is 4.90 Å². The van der Waals surface area contributed by atoms with Crippen LogP contribution in [0.25, 0.3) is 87.6 Å². The van der Waals surface area contributed by atoms with E-state index >= 15 is 0 Å². The molecule has 0 saturated heterocycles. The van der Waals surface area contributed by atoms with E-state index in [0.29, 0.717) is 0 Å². The molecular formula is C58H39N. The van der Waals surface area contributed by atoms with Gasteiger partial charge in [-0.2, -0.15) is 0 Å². The molecule has 1 heteroatoms. The van der Waals surface area contributed by atoms with Gasteiger partial charge in [0, 0.05) is 16.8 Å². The highest BCUT2D eigenvalue weighted by Gasteiger charge is 2.21. The van der Waals surface area contributed by atoms with Crippen LogP contribution in [-0.2, 0) is 0 Å². The van der Waals surface area contributed by atoms with Crippen molar-refractivity contribution in [2.45, 2.75) is 0 Å². The van der Waals surface area contributed by atoms with Crippen LogP contribution in [0.5, 0.6) is 0 Å². The average molecular weight is 750 g/mol. The van der Waals surface area contributed by atoms with Crippen LogP contribution in [0.15, 0.2) is 237 Å². The summed E-state index contributed by atoms with van der Waals surface area (Å²) in [7, 11) is 0. The van der Waals surface area contributed by atoms with Gasteiger partial charge in [-0.15, -0.1) is 0 Å². The monoisotopic (exact) mass is 749 g/mol. The summed E-state index contributed by atoms with van der Waals surface area (Å²) in [6, 6.07) is 86.4. The van der Waals surface area contributed by atoms with Crippen molar-refractivity contribution in [2.24, 2.45) is 0 Å². The Morgan fingerprint density at radius 2 is 0.746 bits per heavy atom. The summed E-state index contributed by atoms with van der Waals surface area (Å²) in [6.07, 6.45) is 0. The van der Waals surface area contributed by atoms with Gasteiger partial charge < -0.3 is 4.90 Å². The van der Waals surface area contributed by atoms with Crippen LogP contribution in [0.2, 0.25) is 0 Å². The number of rotatable bonds is 7. The second kappa shape index (κ2) is 14.6. The lowest BCUT2D eigenvalue weighted by Gasteiger charge is -2.29. The molecule has 0 radical (unpaired) electrons. The lowest BCUT2D eigenvalue weighted by Crippen LogP contribution is -2.11. The Morgan fingerprint density at radius 1 is 0.220 bits per heavy atom. The van der Waals surface area contributed by atoms with Crippen molar-refractivity contribution in [1.82, 2.24) is 0 Å². The van der Waals surface area contributed by atoms with E-state index in [-0.39, 0.29) is 0 Å². The number of fused-ring (bicyclic) bond motifs is 5. The van der Waals surface area contributed by atoms with Crippen molar-refractivity contribution in [3.63, 3.8) is 0 Å². The third-order valence-corrected chi connectivity index (χ3v) is 11.9. The van der Waals surface area contributed by atoms with Gasteiger partial charge in [0.05, 0.1) is 5.69 Å². The fourth-order valence-corrected chi connectivity index (χ4v) is 9.07.